The molecular weight excluding hydrogens is 308 g/mol. The van der Waals surface area contributed by atoms with Crippen LogP contribution in [0.3, 0.4) is 0 Å². The fourth-order valence-electron chi connectivity index (χ4n) is 2.04. The Morgan fingerprint density at radius 1 is 1.33 bits per heavy atom. The second-order valence-electron chi connectivity index (χ2n) is 5.30. The molecule has 2 aromatic rings. The van der Waals surface area contributed by atoms with Crippen LogP contribution in [0.15, 0.2) is 35.8 Å². The largest absolute Gasteiger partial charge is 0.392 e. The highest BCUT2D eigenvalue weighted by Gasteiger charge is 2.29. The van der Waals surface area contributed by atoms with Crippen molar-refractivity contribution in [2.75, 3.05) is 0 Å². The van der Waals surface area contributed by atoms with Crippen LogP contribution >= 0.6 is 11.3 Å². The molecule has 0 aliphatic rings. The Hall–Kier alpha value is -1.28. The SMILES string of the molecule is CC(C)(NS(=O)(=O)Cc1cccc(CO)c1)c1nccs1. The monoisotopic (exact) mass is 326 g/mol. The van der Waals surface area contributed by atoms with Gasteiger partial charge in [0.2, 0.25) is 10.0 Å². The van der Waals surface area contributed by atoms with Crippen molar-refractivity contribution in [1.82, 2.24) is 9.71 Å². The molecule has 1 aromatic heterocycles. The molecule has 7 heteroatoms. The van der Waals surface area contributed by atoms with Gasteiger partial charge in [0.05, 0.1) is 17.9 Å². The van der Waals surface area contributed by atoms with E-state index in [-0.39, 0.29) is 12.4 Å². The lowest BCUT2D eigenvalue weighted by Gasteiger charge is -2.23. The van der Waals surface area contributed by atoms with E-state index in [0.717, 1.165) is 5.01 Å². The van der Waals surface area contributed by atoms with E-state index in [9.17, 15) is 8.42 Å². The van der Waals surface area contributed by atoms with Crippen molar-refractivity contribution in [1.29, 1.82) is 0 Å². The smallest absolute Gasteiger partial charge is 0.216 e. The van der Waals surface area contributed by atoms with Gasteiger partial charge in [-0.05, 0) is 25.0 Å². The van der Waals surface area contributed by atoms with Gasteiger partial charge in [-0.1, -0.05) is 24.3 Å². The number of aliphatic hydroxyl groups is 1. The maximum Gasteiger partial charge on any atom is 0.216 e. The molecule has 0 saturated carbocycles. The lowest BCUT2D eigenvalue weighted by Crippen LogP contribution is -2.41. The molecule has 0 saturated heterocycles. The fraction of sp³-hybridized carbons (Fsp3) is 0.357. The highest BCUT2D eigenvalue weighted by atomic mass is 32.2. The quantitative estimate of drug-likeness (QED) is 0.851. The van der Waals surface area contributed by atoms with E-state index in [2.05, 4.69) is 9.71 Å². The lowest BCUT2D eigenvalue weighted by molar-refractivity contribution is 0.281. The molecule has 2 N–H and O–H groups in total. The first kappa shape index (κ1) is 16.1. The molecule has 0 spiro atoms. The minimum atomic E-state index is -3.51. The van der Waals surface area contributed by atoms with Gasteiger partial charge in [-0.3, -0.25) is 0 Å². The van der Waals surface area contributed by atoms with Gasteiger partial charge in [0.1, 0.15) is 5.01 Å². The Morgan fingerprint density at radius 3 is 2.67 bits per heavy atom. The van der Waals surface area contributed by atoms with Gasteiger partial charge in [-0.15, -0.1) is 11.3 Å². The second-order valence-corrected chi connectivity index (χ2v) is 7.92. The summed E-state index contributed by atoms with van der Waals surface area (Å²) in [5.41, 5.74) is 0.590. The molecule has 1 aromatic carbocycles. The van der Waals surface area contributed by atoms with Crippen LogP contribution in [-0.4, -0.2) is 18.5 Å². The average molecular weight is 326 g/mol. The number of thiazole rings is 1. The summed E-state index contributed by atoms with van der Waals surface area (Å²) in [5.74, 6) is -0.129. The lowest BCUT2D eigenvalue weighted by atomic mass is 10.1. The third kappa shape index (κ3) is 4.34. The third-order valence-electron chi connectivity index (χ3n) is 2.91. The number of aromatic nitrogens is 1. The van der Waals surface area contributed by atoms with E-state index in [4.69, 9.17) is 5.11 Å². The first-order valence-electron chi connectivity index (χ1n) is 6.43. The second kappa shape index (κ2) is 6.23. The zero-order valence-electron chi connectivity index (χ0n) is 11.9. The van der Waals surface area contributed by atoms with E-state index < -0.39 is 15.6 Å². The maximum absolute atomic E-state index is 12.3. The molecule has 2 rings (SSSR count). The van der Waals surface area contributed by atoms with E-state index in [1.807, 2.05) is 5.38 Å². The summed E-state index contributed by atoms with van der Waals surface area (Å²) in [6.07, 6.45) is 1.65. The third-order valence-corrected chi connectivity index (χ3v) is 5.54. The van der Waals surface area contributed by atoms with Crippen molar-refractivity contribution in [2.45, 2.75) is 31.7 Å². The van der Waals surface area contributed by atoms with Crippen LogP contribution in [0, 0.1) is 0 Å². The topological polar surface area (TPSA) is 79.3 Å². The van der Waals surface area contributed by atoms with Crippen molar-refractivity contribution in [3.8, 4) is 0 Å². The van der Waals surface area contributed by atoms with Crippen LogP contribution in [0.5, 0.6) is 0 Å². The highest BCUT2D eigenvalue weighted by molar-refractivity contribution is 7.88. The Kier molecular flexibility index (Phi) is 4.77. The summed E-state index contributed by atoms with van der Waals surface area (Å²) in [5, 5.41) is 11.6. The number of benzene rings is 1. The molecule has 5 nitrogen and oxygen atoms in total. The molecule has 0 aliphatic heterocycles. The number of nitrogens with one attached hydrogen (secondary N) is 1. The van der Waals surface area contributed by atoms with Gasteiger partial charge in [0.15, 0.2) is 0 Å². The minimum absolute atomic E-state index is 0.105. The summed E-state index contributed by atoms with van der Waals surface area (Å²) in [6, 6.07) is 6.91. The van der Waals surface area contributed by atoms with Gasteiger partial charge >= 0.3 is 0 Å². The standard InChI is InChI=1S/C14H18N2O3S2/c1-14(2,13-15-6-7-20-13)16-21(18,19)10-12-5-3-4-11(8-12)9-17/h3-8,16-17H,9-10H2,1-2H3. The summed E-state index contributed by atoms with van der Waals surface area (Å²) in [4.78, 5) is 4.17. The number of nitrogens with zero attached hydrogens (tertiary/aromatic N) is 1. The predicted octanol–water partition coefficient (Wildman–Crippen LogP) is 1.99. The number of aliphatic hydroxyl groups excluding tert-OH is 1. The molecule has 0 unspecified atom stereocenters. The predicted molar refractivity (Wildman–Crippen MR) is 83.3 cm³/mol. The molecule has 0 fully saturated rings. The molecule has 1 heterocycles. The number of rotatable bonds is 6. The number of sulfonamides is 1. The summed E-state index contributed by atoms with van der Waals surface area (Å²) in [7, 11) is -3.51. The Bertz CT molecular complexity index is 695. The molecule has 114 valence electrons. The molecule has 21 heavy (non-hydrogen) atoms. The minimum Gasteiger partial charge on any atom is -0.392 e. The first-order chi connectivity index (χ1) is 9.82. The Morgan fingerprint density at radius 2 is 2.05 bits per heavy atom. The number of hydrogen-bond donors (Lipinski definition) is 2. The molecule has 0 aliphatic carbocycles. The highest BCUT2D eigenvalue weighted by Crippen LogP contribution is 2.23. The maximum atomic E-state index is 12.3. The molecular formula is C14H18N2O3S2. The van der Waals surface area contributed by atoms with Crippen molar-refractivity contribution in [2.24, 2.45) is 0 Å². The van der Waals surface area contributed by atoms with Gasteiger partial charge in [0.25, 0.3) is 0 Å². The van der Waals surface area contributed by atoms with Crippen molar-refractivity contribution in [3.63, 3.8) is 0 Å². The van der Waals surface area contributed by atoms with Gasteiger partial charge in [-0.25, -0.2) is 18.1 Å². The Balaban J connectivity index is 2.15. The molecule has 0 radical (unpaired) electrons. The van der Waals surface area contributed by atoms with Crippen LogP contribution in [0.2, 0.25) is 0 Å². The van der Waals surface area contributed by atoms with E-state index in [1.54, 1.807) is 44.3 Å². The van der Waals surface area contributed by atoms with Crippen molar-refractivity contribution in [3.05, 3.63) is 52.0 Å². The van der Waals surface area contributed by atoms with E-state index in [0.29, 0.717) is 11.1 Å². The van der Waals surface area contributed by atoms with Gasteiger partial charge in [-0.2, -0.15) is 0 Å². The summed E-state index contributed by atoms with van der Waals surface area (Å²) >= 11 is 1.41. The fourth-order valence-corrected chi connectivity index (χ4v) is 4.39. The number of hydrogen-bond acceptors (Lipinski definition) is 5. The van der Waals surface area contributed by atoms with Crippen molar-refractivity contribution >= 4 is 21.4 Å². The average Bonchev–Trinajstić information content (AvgIpc) is 2.91. The van der Waals surface area contributed by atoms with Crippen LogP contribution in [0.1, 0.15) is 30.0 Å². The van der Waals surface area contributed by atoms with Crippen LogP contribution in [0.25, 0.3) is 0 Å². The normalized spacial score (nSPS) is 12.5. The van der Waals surface area contributed by atoms with Crippen LogP contribution in [-0.2, 0) is 27.9 Å². The van der Waals surface area contributed by atoms with Crippen LogP contribution in [0.4, 0.5) is 0 Å². The van der Waals surface area contributed by atoms with Gasteiger partial charge < -0.3 is 5.11 Å². The van der Waals surface area contributed by atoms with E-state index in [1.165, 1.54) is 11.3 Å². The summed E-state index contributed by atoms with van der Waals surface area (Å²) < 4.78 is 27.3. The summed E-state index contributed by atoms with van der Waals surface area (Å²) in [6.45, 7) is 3.47. The Labute approximate surface area is 128 Å². The molecule has 0 atom stereocenters. The molecule has 0 amide bonds. The van der Waals surface area contributed by atoms with Gasteiger partial charge in [0, 0.05) is 11.6 Å². The van der Waals surface area contributed by atoms with Crippen molar-refractivity contribution < 1.29 is 13.5 Å². The van der Waals surface area contributed by atoms with E-state index >= 15 is 0 Å². The first-order valence-corrected chi connectivity index (χ1v) is 8.96. The zero-order valence-corrected chi connectivity index (χ0v) is 13.5. The zero-order chi connectivity index (χ0) is 15.5. The molecule has 0 bridgehead atoms. The van der Waals surface area contributed by atoms with Crippen LogP contribution < -0.4 is 4.72 Å².